The lowest BCUT2D eigenvalue weighted by Gasteiger charge is -2.24. The molecule has 0 atom stereocenters. The molecule has 6 heteroatoms. The Morgan fingerprint density at radius 3 is 2.50 bits per heavy atom. The van der Waals surface area contributed by atoms with Crippen LogP contribution in [-0.2, 0) is 4.79 Å². The molecule has 0 unspecified atom stereocenters. The van der Waals surface area contributed by atoms with Gasteiger partial charge in [-0.25, -0.2) is 0 Å². The molecular weight excluding hydrogens is 284 g/mol. The van der Waals surface area contributed by atoms with Gasteiger partial charge in [-0.15, -0.1) is 0 Å². The van der Waals surface area contributed by atoms with Gasteiger partial charge in [-0.05, 0) is 31.4 Å². The topological polar surface area (TPSA) is 72.7 Å². The van der Waals surface area contributed by atoms with Crippen LogP contribution >= 0.6 is 0 Å². The molecule has 1 aliphatic heterocycles. The number of amides is 1. The van der Waals surface area contributed by atoms with E-state index in [1.54, 1.807) is 17.0 Å². The van der Waals surface area contributed by atoms with Crippen LogP contribution in [0.3, 0.4) is 0 Å². The Morgan fingerprint density at radius 2 is 1.86 bits per heavy atom. The monoisotopic (exact) mass is 306 g/mol. The average Bonchev–Trinajstić information content (AvgIpc) is 2.44. The highest BCUT2D eigenvalue weighted by molar-refractivity contribution is 5.78. The minimum Gasteiger partial charge on any atom is -0.477 e. The van der Waals surface area contributed by atoms with Crippen molar-refractivity contribution in [3.8, 4) is 5.75 Å². The van der Waals surface area contributed by atoms with Crippen molar-refractivity contribution < 1.29 is 14.5 Å². The van der Waals surface area contributed by atoms with E-state index in [0.717, 1.165) is 44.3 Å². The summed E-state index contributed by atoms with van der Waals surface area (Å²) in [6.45, 7) is 3.18. The van der Waals surface area contributed by atoms with Crippen LogP contribution in [0.2, 0.25) is 0 Å². The molecule has 1 aromatic carbocycles. The van der Waals surface area contributed by atoms with Crippen LogP contribution in [-0.4, -0.2) is 35.4 Å². The zero-order valence-electron chi connectivity index (χ0n) is 12.9. The van der Waals surface area contributed by atoms with E-state index in [9.17, 15) is 14.9 Å². The molecule has 1 saturated heterocycles. The van der Waals surface area contributed by atoms with Crippen molar-refractivity contribution in [1.29, 1.82) is 0 Å². The van der Waals surface area contributed by atoms with E-state index in [1.807, 2.05) is 6.92 Å². The third-order valence-electron chi connectivity index (χ3n) is 3.87. The standard InChI is InChI=1S/C16H22N2O4/c1-13-7-8-14(18(20)21)15(11-13)22-12-16(19)17-9-5-3-2-4-6-10-17/h7-8,11H,2-6,9-10,12H2,1H3. The Labute approximate surface area is 130 Å². The maximum Gasteiger partial charge on any atom is 0.310 e. The molecule has 0 spiro atoms. The second-order valence-electron chi connectivity index (χ2n) is 5.67. The van der Waals surface area contributed by atoms with E-state index >= 15 is 0 Å². The molecular formula is C16H22N2O4. The van der Waals surface area contributed by atoms with E-state index in [0.29, 0.717) is 0 Å². The van der Waals surface area contributed by atoms with Crippen molar-refractivity contribution in [2.45, 2.75) is 39.0 Å². The summed E-state index contributed by atoms with van der Waals surface area (Å²) in [7, 11) is 0. The first kappa shape index (κ1) is 16.3. The van der Waals surface area contributed by atoms with Gasteiger partial charge in [0.2, 0.25) is 0 Å². The number of nitro benzene ring substituents is 1. The predicted octanol–water partition coefficient (Wildman–Crippen LogP) is 3.07. The molecule has 1 amide bonds. The number of nitro groups is 1. The zero-order valence-corrected chi connectivity index (χ0v) is 12.9. The lowest BCUT2D eigenvalue weighted by molar-refractivity contribution is -0.385. The van der Waals surface area contributed by atoms with Gasteiger partial charge in [-0.3, -0.25) is 14.9 Å². The van der Waals surface area contributed by atoms with Gasteiger partial charge in [-0.1, -0.05) is 25.3 Å². The first-order valence-corrected chi connectivity index (χ1v) is 7.73. The molecule has 0 N–H and O–H groups in total. The van der Waals surface area contributed by atoms with Crippen LogP contribution in [0.1, 0.15) is 37.7 Å². The lowest BCUT2D eigenvalue weighted by atomic mass is 10.1. The number of nitrogens with zero attached hydrogens (tertiary/aromatic N) is 2. The van der Waals surface area contributed by atoms with Crippen LogP contribution in [0, 0.1) is 17.0 Å². The number of benzene rings is 1. The average molecular weight is 306 g/mol. The number of rotatable bonds is 4. The fourth-order valence-corrected chi connectivity index (χ4v) is 2.62. The van der Waals surface area contributed by atoms with Gasteiger partial charge in [0.05, 0.1) is 4.92 Å². The summed E-state index contributed by atoms with van der Waals surface area (Å²) in [6.07, 6.45) is 5.54. The van der Waals surface area contributed by atoms with Crippen molar-refractivity contribution in [3.05, 3.63) is 33.9 Å². The molecule has 1 fully saturated rings. The summed E-state index contributed by atoms with van der Waals surface area (Å²) >= 11 is 0. The summed E-state index contributed by atoms with van der Waals surface area (Å²) in [6, 6.07) is 4.66. The Hall–Kier alpha value is -2.11. The largest absolute Gasteiger partial charge is 0.477 e. The Morgan fingerprint density at radius 1 is 1.23 bits per heavy atom. The summed E-state index contributed by atoms with van der Waals surface area (Å²) in [4.78, 5) is 24.5. The van der Waals surface area contributed by atoms with Gasteiger partial charge in [-0.2, -0.15) is 0 Å². The summed E-state index contributed by atoms with van der Waals surface area (Å²) in [5.74, 6) is 0.0584. The van der Waals surface area contributed by atoms with Crippen molar-refractivity contribution >= 4 is 11.6 Å². The SMILES string of the molecule is Cc1ccc([N+](=O)[O-])c(OCC(=O)N2CCCCCCC2)c1. The highest BCUT2D eigenvalue weighted by atomic mass is 16.6. The van der Waals surface area contributed by atoms with Crippen LogP contribution in [0.4, 0.5) is 5.69 Å². The number of ether oxygens (including phenoxy) is 1. The van der Waals surface area contributed by atoms with E-state index in [4.69, 9.17) is 4.74 Å². The third-order valence-corrected chi connectivity index (χ3v) is 3.87. The summed E-state index contributed by atoms with van der Waals surface area (Å²) in [5, 5.41) is 11.0. The number of likely N-dealkylation sites (tertiary alicyclic amines) is 1. The van der Waals surface area contributed by atoms with Crippen molar-refractivity contribution in [2.75, 3.05) is 19.7 Å². The van der Waals surface area contributed by atoms with E-state index in [1.165, 1.54) is 12.5 Å². The molecule has 1 aromatic rings. The van der Waals surface area contributed by atoms with E-state index in [-0.39, 0.29) is 24.0 Å². The van der Waals surface area contributed by atoms with Gasteiger partial charge in [0.1, 0.15) is 0 Å². The third kappa shape index (κ3) is 4.44. The zero-order chi connectivity index (χ0) is 15.9. The normalized spacial score (nSPS) is 15.8. The second kappa shape index (κ2) is 7.77. The maximum atomic E-state index is 12.2. The fraction of sp³-hybridized carbons (Fsp3) is 0.562. The van der Waals surface area contributed by atoms with Crippen LogP contribution in [0.5, 0.6) is 5.75 Å². The molecule has 0 saturated carbocycles. The lowest BCUT2D eigenvalue weighted by Crippen LogP contribution is -2.37. The Balaban J connectivity index is 1.98. The minimum absolute atomic E-state index is 0.0993. The van der Waals surface area contributed by atoms with Gasteiger partial charge >= 0.3 is 5.69 Å². The van der Waals surface area contributed by atoms with Crippen molar-refractivity contribution in [2.24, 2.45) is 0 Å². The smallest absolute Gasteiger partial charge is 0.310 e. The highest BCUT2D eigenvalue weighted by Gasteiger charge is 2.19. The van der Waals surface area contributed by atoms with Crippen molar-refractivity contribution in [1.82, 2.24) is 4.90 Å². The van der Waals surface area contributed by atoms with Gasteiger partial charge < -0.3 is 9.64 Å². The highest BCUT2D eigenvalue weighted by Crippen LogP contribution is 2.27. The molecule has 0 aromatic heterocycles. The number of hydrogen-bond acceptors (Lipinski definition) is 4. The summed E-state index contributed by atoms with van der Waals surface area (Å²) < 4.78 is 5.43. The first-order chi connectivity index (χ1) is 10.6. The molecule has 0 aliphatic carbocycles. The molecule has 1 heterocycles. The van der Waals surface area contributed by atoms with Crippen LogP contribution in [0.15, 0.2) is 18.2 Å². The number of hydrogen-bond donors (Lipinski definition) is 0. The molecule has 6 nitrogen and oxygen atoms in total. The molecule has 2 rings (SSSR count). The molecule has 0 bridgehead atoms. The number of aryl methyl sites for hydroxylation is 1. The Bertz CT molecular complexity index is 537. The second-order valence-corrected chi connectivity index (χ2v) is 5.67. The Kier molecular flexibility index (Phi) is 5.75. The quantitative estimate of drug-likeness (QED) is 0.633. The van der Waals surface area contributed by atoms with Gasteiger partial charge in [0.25, 0.3) is 5.91 Å². The molecule has 120 valence electrons. The van der Waals surface area contributed by atoms with Crippen LogP contribution in [0.25, 0.3) is 0 Å². The van der Waals surface area contributed by atoms with Crippen LogP contribution < -0.4 is 4.74 Å². The maximum absolute atomic E-state index is 12.2. The number of carbonyl (C=O) groups excluding carboxylic acids is 1. The van der Waals surface area contributed by atoms with Gasteiger partial charge in [0.15, 0.2) is 12.4 Å². The number of carbonyl (C=O) groups is 1. The van der Waals surface area contributed by atoms with Crippen molar-refractivity contribution in [3.63, 3.8) is 0 Å². The minimum atomic E-state index is -0.491. The van der Waals surface area contributed by atoms with E-state index in [2.05, 4.69) is 0 Å². The molecule has 22 heavy (non-hydrogen) atoms. The first-order valence-electron chi connectivity index (χ1n) is 7.73. The molecule has 1 aliphatic rings. The van der Waals surface area contributed by atoms with E-state index < -0.39 is 4.92 Å². The summed E-state index contributed by atoms with van der Waals surface area (Å²) in [5.41, 5.74) is 0.755. The molecule has 0 radical (unpaired) electrons. The van der Waals surface area contributed by atoms with Gasteiger partial charge in [0, 0.05) is 19.2 Å². The predicted molar refractivity (Wildman–Crippen MR) is 83.0 cm³/mol. The fourth-order valence-electron chi connectivity index (χ4n) is 2.62.